The van der Waals surface area contributed by atoms with Crippen LogP contribution < -0.4 is 19.6 Å². The summed E-state index contributed by atoms with van der Waals surface area (Å²) in [5.41, 5.74) is 4.41. The van der Waals surface area contributed by atoms with Gasteiger partial charge in [-0.25, -0.2) is 10.2 Å². The van der Waals surface area contributed by atoms with Crippen LogP contribution in [0.3, 0.4) is 0 Å². The molecule has 0 aliphatic carbocycles. The van der Waals surface area contributed by atoms with Crippen molar-refractivity contribution in [1.82, 2.24) is 5.43 Å². The van der Waals surface area contributed by atoms with E-state index in [-0.39, 0.29) is 12.2 Å². The Morgan fingerprint density at radius 2 is 1.62 bits per heavy atom. The Balaban J connectivity index is 1.74. The molecule has 0 heterocycles. The van der Waals surface area contributed by atoms with Gasteiger partial charge in [0.2, 0.25) is 0 Å². The number of hydrogen-bond donors (Lipinski definition) is 2. The van der Waals surface area contributed by atoms with Gasteiger partial charge in [0.1, 0.15) is 12.4 Å². The Hall–Kier alpha value is -4.33. The second kappa shape index (κ2) is 10.6. The normalized spacial score (nSPS) is 10.6. The van der Waals surface area contributed by atoms with E-state index in [0.29, 0.717) is 28.4 Å². The van der Waals surface area contributed by atoms with E-state index in [1.54, 1.807) is 54.6 Å². The number of ether oxygens (including phenoxy) is 3. The summed E-state index contributed by atoms with van der Waals surface area (Å²) in [6.07, 6.45) is 1.46. The summed E-state index contributed by atoms with van der Waals surface area (Å²) >= 11 is 0. The average Bonchev–Trinajstić information content (AvgIpc) is 2.83. The van der Waals surface area contributed by atoms with Crippen molar-refractivity contribution in [3.63, 3.8) is 0 Å². The highest BCUT2D eigenvalue weighted by molar-refractivity contribution is 5.97. The van der Waals surface area contributed by atoms with Crippen molar-refractivity contribution in [2.75, 3.05) is 14.2 Å². The van der Waals surface area contributed by atoms with Gasteiger partial charge in [-0.2, -0.15) is 5.10 Å². The molecule has 2 N–H and O–H groups in total. The number of aromatic carboxylic acids is 1. The van der Waals surface area contributed by atoms with Gasteiger partial charge in [-0.15, -0.1) is 0 Å². The van der Waals surface area contributed by atoms with E-state index in [4.69, 9.17) is 19.3 Å². The van der Waals surface area contributed by atoms with Crippen LogP contribution in [0.15, 0.2) is 71.8 Å². The van der Waals surface area contributed by atoms with Crippen molar-refractivity contribution in [2.24, 2.45) is 5.10 Å². The molecule has 0 unspecified atom stereocenters. The molecule has 8 heteroatoms. The Morgan fingerprint density at radius 3 is 2.31 bits per heavy atom. The van der Waals surface area contributed by atoms with Crippen LogP contribution in [-0.4, -0.2) is 37.4 Å². The molecule has 0 saturated heterocycles. The molecule has 0 aliphatic heterocycles. The number of carbonyl (C=O) groups is 2. The third-order valence-corrected chi connectivity index (χ3v) is 4.53. The van der Waals surface area contributed by atoms with Gasteiger partial charge in [-0.1, -0.05) is 30.3 Å². The largest absolute Gasteiger partial charge is 0.496 e. The first-order chi connectivity index (χ1) is 15.5. The smallest absolute Gasteiger partial charge is 0.335 e. The van der Waals surface area contributed by atoms with Gasteiger partial charge < -0.3 is 19.3 Å². The summed E-state index contributed by atoms with van der Waals surface area (Å²) in [6.45, 7) is 0.189. The maximum absolute atomic E-state index is 12.4. The number of carboxylic acids is 1. The molecule has 3 aromatic carbocycles. The fourth-order valence-electron chi connectivity index (χ4n) is 2.90. The molecule has 3 aromatic rings. The topological polar surface area (TPSA) is 106 Å². The second-order valence-corrected chi connectivity index (χ2v) is 6.57. The highest BCUT2D eigenvalue weighted by Gasteiger charge is 2.12. The lowest BCUT2D eigenvalue weighted by Crippen LogP contribution is -2.18. The molecule has 1 amide bonds. The number of amides is 1. The number of carbonyl (C=O) groups excluding carboxylic acids is 1. The molecule has 0 aromatic heterocycles. The van der Waals surface area contributed by atoms with Crippen LogP contribution in [0.5, 0.6) is 17.2 Å². The highest BCUT2D eigenvalue weighted by atomic mass is 16.5. The molecular formula is C24H22N2O6. The number of carboxylic acid groups (broad SMARTS) is 1. The molecule has 0 saturated carbocycles. The summed E-state index contributed by atoms with van der Waals surface area (Å²) in [5.74, 6) is -0.0299. The van der Waals surface area contributed by atoms with Crippen LogP contribution in [0.4, 0.5) is 0 Å². The van der Waals surface area contributed by atoms with Crippen LogP contribution in [0.1, 0.15) is 31.8 Å². The van der Waals surface area contributed by atoms with Crippen LogP contribution in [0, 0.1) is 0 Å². The minimum absolute atomic E-state index is 0.189. The summed E-state index contributed by atoms with van der Waals surface area (Å²) in [7, 11) is 3.01. The fraction of sp³-hybridized carbons (Fsp3) is 0.125. The lowest BCUT2D eigenvalue weighted by atomic mass is 10.1. The molecule has 0 aliphatic rings. The summed E-state index contributed by atoms with van der Waals surface area (Å²) in [5, 5.41) is 13.0. The number of benzene rings is 3. The molecular weight excluding hydrogens is 412 g/mol. The third-order valence-electron chi connectivity index (χ3n) is 4.53. The van der Waals surface area contributed by atoms with Gasteiger partial charge in [0.05, 0.1) is 31.6 Å². The molecule has 0 atom stereocenters. The quantitative estimate of drug-likeness (QED) is 0.393. The first-order valence-corrected chi connectivity index (χ1v) is 9.62. The van der Waals surface area contributed by atoms with Crippen LogP contribution in [0.25, 0.3) is 0 Å². The van der Waals surface area contributed by atoms with E-state index in [9.17, 15) is 9.59 Å². The number of methoxy groups -OCH3 is 2. The summed E-state index contributed by atoms with van der Waals surface area (Å²) < 4.78 is 16.5. The van der Waals surface area contributed by atoms with Crippen molar-refractivity contribution in [3.05, 3.63) is 89.0 Å². The van der Waals surface area contributed by atoms with E-state index in [0.717, 1.165) is 5.56 Å². The minimum atomic E-state index is -0.990. The Morgan fingerprint density at radius 1 is 0.938 bits per heavy atom. The maximum Gasteiger partial charge on any atom is 0.335 e. The molecule has 0 fully saturated rings. The molecule has 32 heavy (non-hydrogen) atoms. The molecule has 164 valence electrons. The van der Waals surface area contributed by atoms with E-state index in [1.165, 1.54) is 32.6 Å². The standard InChI is InChI=1S/C24H22N2O6/c1-30-20-8-4-3-7-19(20)23(27)26-25-14-18-6-5-9-21(31-2)22(18)32-15-16-10-12-17(13-11-16)24(28)29/h3-14H,15H2,1-2H3,(H,26,27)(H,28,29)/b25-14-. The number of hydrazone groups is 1. The first kappa shape index (κ1) is 22.4. The van der Waals surface area contributed by atoms with Crippen LogP contribution >= 0.6 is 0 Å². The van der Waals surface area contributed by atoms with Gasteiger partial charge >= 0.3 is 5.97 Å². The van der Waals surface area contributed by atoms with E-state index < -0.39 is 11.9 Å². The minimum Gasteiger partial charge on any atom is -0.496 e. The van der Waals surface area contributed by atoms with E-state index in [1.807, 2.05) is 0 Å². The lowest BCUT2D eigenvalue weighted by Gasteiger charge is -2.13. The number of para-hydroxylation sites is 2. The summed E-state index contributed by atoms with van der Waals surface area (Å²) in [6, 6.07) is 18.5. The van der Waals surface area contributed by atoms with Gasteiger partial charge in [-0.05, 0) is 42.0 Å². The van der Waals surface area contributed by atoms with E-state index >= 15 is 0 Å². The number of rotatable bonds is 9. The van der Waals surface area contributed by atoms with Gasteiger partial charge in [-0.3, -0.25) is 4.79 Å². The molecule has 8 nitrogen and oxygen atoms in total. The number of hydrogen-bond acceptors (Lipinski definition) is 6. The Labute approximate surface area is 185 Å². The number of nitrogens with one attached hydrogen (secondary N) is 1. The molecule has 0 radical (unpaired) electrons. The number of nitrogens with zero attached hydrogens (tertiary/aromatic N) is 1. The molecule has 0 spiro atoms. The van der Waals surface area contributed by atoms with Crippen molar-refractivity contribution < 1.29 is 28.9 Å². The van der Waals surface area contributed by atoms with Gasteiger partial charge in [0, 0.05) is 5.56 Å². The SMILES string of the molecule is COc1ccccc1C(=O)N/N=C\c1cccc(OC)c1OCc1ccc(C(=O)O)cc1. The van der Waals surface area contributed by atoms with Gasteiger partial charge in [0.15, 0.2) is 11.5 Å². The Bertz CT molecular complexity index is 1130. The second-order valence-electron chi connectivity index (χ2n) is 6.57. The van der Waals surface area contributed by atoms with Crippen molar-refractivity contribution >= 4 is 18.1 Å². The van der Waals surface area contributed by atoms with Gasteiger partial charge in [0.25, 0.3) is 5.91 Å². The molecule has 3 rings (SSSR count). The van der Waals surface area contributed by atoms with Crippen molar-refractivity contribution in [3.8, 4) is 17.2 Å². The van der Waals surface area contributed by atoms with Crippen LogP contribution in [0.2, 0.25) is 0 Å². The zero-order valence-electron chi connectivity index (χ0n) is 17.6. The third kappa shape index (κ3) is 5.42. The fourth-order valence-corrected chi connectivity index (χ4v) is 2.90. The zero-order chi connectivity index (χ0) is 22.9. The highest BCUT2D eigenvalue weighted by Crippen LogP contribution is 2.31. The maximum atomic E-state index is 12.4. The average molecular weight is 434 g/mol. The predicted molar refractivity (Wildman–Crippen MR) is 119 cm³/mol. The van der Waals surface area contributed by atoms with E-state index in [2.05, 4.69) is 10.5 Å². The molecule has 0 bridgehead atoms. The van der Waals surface area contributed by atoms with Crippen LogP contribution in [-0.2, 0) is 6.61 Å². The zero-order valence-corrected chi connectivity index (χ0v) is 17.6. The monoisotopic (exact) mass is 434 g/mol. The Kier molecular flexibility index (Phi) is 7.42. The van der Waals surface area contributed by atoms with Crippen molar-refractivity contribution in [2.45, 2.75) is 6.61 Å². The lowest BCUT2D eigenvalue weighted by molar-refractivity contribution is 0.0696. The summed E-state index contributed by atoms with van der Waals surface area (Å²) in [4.78, 5) is 23.4. The first-order valence-electron chi connectivity index (χ1n) is 9.62. The predicted octanol–water partition coefficient (Wildman–Crippen LogP) is 3.74. The van der Waals surface area contributed by atoms with Crippen molar-refractivity contribution in [1.29, 1.82) is 0 Å².